The van der Waals surface area contributed by atoms with E-state index in [0.29, 0.717) is 11.5 Å². The minimum atomic E-state index is -3.84. The van der Waals surface area contributed by atoms with E-state index in [2.05, 4.69) is 10.0 Å². The van der Waals surface area contributed by atoms with Crippen molar-refractivity contribution in [3.8, 4) is 11.5 Å². The van der Waals surface area contributed by atoms with Crippen LogP contribution in [0.3, 0.4) is 0 Å². The number of hydrogen-bond donors (Lipinski definition) is 2. The highest BCUT2D eigenvalue weighted by atomic mass is 32.2. The van der Waals surface area contributed by atoms with E-state index < -0.39 is 35.1 Å². The molecule has 2 aromatic carbocycles. The molecule has 10 heteroatoms. The number of carbonyl (C=O) groups excluding carboxylic acids is 2. The van der Waals surface area contributed by atoms with Gasteiger partial charge in [-0.15, -0.1) is 0 Å². The summed E-state index contributed by atoms with van der Waals surface area (Å²) in [6.07, 6.45) is 0. The summed E-state index contributed by atoms with van der Waals surface area (Å²) in [5, 5.41) is 2.60. The number of hydrogen-bond acceptors (Lipinski definition) is 7. The number of amides is 1. The fourth-order valence-corrected chi connectivity index (χ4v) is 3.36. The van der Waals surface area contributed by atoms with Gasteiger partial charge in [-0.05, 0) is 36.8 Å². The van der Waals surface area contributed by atoms with Crippen LogP contribution in [-0.4, -0.2) is 47.7 Å². The average Bonchev–Trinajstić information content (AvgIpc) is 2.74. The summed E-state index contributed by atoms with van der Waals surface area (Å²) >= 11 is 0. The second kappa shape index (κ2) is 10.6. The summed E-state index contributed by atoms with van der Waals surface area (Å²) in [7, 11) is -0.814. The topological polar surface area (TPSA) is 120 Å². The SMILES string of the molecule is COc1ccc(CNC(=O)COC(=O)CNS(=O)(=O)c2ccc(C)cc2)cc1OC. The van der Waals surface area contributed by atoms with Crippen molar-refractivity contribution >= 4 is 21.9 Å². The molecule has 162 valence electrons. The number of rotatable bonds is 10. The van der Waals surface area contributed by atoms with Gasteiger partial charge in [0.05, 0.1) is 19.1 Å². The zero-order chi connectivity index (χ0) is 22.1. The fraction of sp³-hybridized carbons (Fsp3) is 0.300. The Morgan fingerprint density at radius 2 is 1.63 bits per heavy atom. The Labute approximate surface area is 175 Å². The predicted octanol–water partition coefficient (Wildman–Crippen LogP) is 1.15. The minimum Gasteiger partial charge on any atom is -0.493 e. The van der Waals surface area contributed by atoms with Gasteiger partial charge in [0.1, 0.15) is 6.54 Å². The molecule has 0 aromatic heterocycles. The van der Waals surface area contributed by atoms with Gasteiger partial charge in [0.15, 0.2) is 18.1 Å². The molecule has 0 unspecified atom stereocenters. The van der Waals surface area contributed by atoms with Gasteiger partial charge in [-0.3, -0.25) is 9.59 Å². The number of aryl methyl sites for hydroxylation is 1. The van der Waals surface area contributed by atoms with Crippen molar-refractivity contribution in [3.05, 3.63) is 53.6 Å². The third-order valence-electron chi connectivity index (χ3n) is 4.04. The predicted molar refractivity (Wildman–Crippen MR) is 109 cm³/mol. The number of benzene rings is 2. The van der Waals surface area contributed by atoms with E-state index >= 15 is 0 Å². The summed E-state index contributed by atoms with van der Waals surface area (Å²) in [5.41, 5.74) is 1.67. The van der Waals surface area contributed by atoms with Gasteiger partial charge < -0.3 is 19.5 Å². The molecule has 2 rings (SSSR count). The Morgan fingerprint density at radius 1 is 0.967 bits per heavy atom. The van der Waals surface area contributed by atoms with E-state index in [-0.39, 0.29) is 11.4 Å². The Bertz CT molecular complexity index is 989. The summed E-state index contributed by atoms with van der Waals surface area (Å²) < 4.78 is 41.5. The molecule has 0 spiro atoms. The number of esters is 1. The largest absolute Gasteiger partial charge is 0.493 e. The molecule has 0 saturated heterocycles. The first kappa shape index (κ1) is 23.2. The molecular weight excluding hydrogens is 412 g/mol. The Balaban J connectivity index is 1.76. The Morgan fingerprint density at radius 3 is 2.27 bits per heavy atom. The van der Waals surface area contributed by atoms with Crippen molar-refractivity contribution < 1.29 is 32.2 Å². The summed E-state index contributed by atoms with van der Waals surface area (Å²) in [4.78, 5) is 23.7. The van der Waals surface area contributed by atoms with E-state index in [1.807, 2.05) is 6.92 Å². The lowest BCUT2D eigenvalue weighted by atomic mass is 10.2. The van der Waals surface area contributed by atoms with Crippen LogP contribution in [0.4, 0.5) is 0 Å². The van der Waals surface area contributed by atoms with Crippen molar-refractivity contribution in [1.29, 1.82) is 0 Å². The molecule has 0 aliphatic rings. The zero-order valence-corrected chi connectivity index (χ0v) is 17.7. The molecule has 0 aliphatic carbocycles. The Kier molecular flexibility index (Phi) is 8.19. The number of sulfonamides is 1. The number of methoxy groups -OCH3 is 2. The summed E-state index contributed by atoms with van der Waals surface area (Å²) in [6, 6.07) is 11.3. The molecule has 0 atom stereocenters. The van der Waals surface area contributed by atoms with Crippen LogP contribution in [-0.2, 0) is 30.9 Å². The summed E-state index contributed by atoms with van der Waals surface area (Å²) in [5.74, 6) is -0.308. The highest BCUT2D eigenvalue weighted by molar-refractivity contribution is 7.89. The van der Waals surface area contributed by atoms with Gasteiger partial charge in [0.2, 0.25) is 10.0 Å². The normalized spacial score (nSPS) is 10.9. The second-order valence-corrected chi connectivity index (χ2v) is 8.03. The molecule has 2 aromatic rings. The zero-order valence-electron chi connectivity index (χ0n) is 16.9. The van der Waals surface area contributed by atoms with Gasteiger partial charge in [-0.2, -0.15) is 4.72 Å². The van der Waals surface area contributed by atoms with Gasteiger partial charge in [0, 0.05) is 6.54 Å². The molecule has 0 radical (unpaired) electrons. The Hall–Kier alpha value is -3.11. The van der Waals surface area contributed by atoms with Crippen LogP contribution in [0, 0.1) is 6.92 Å². The number of carbonyl (C=O) groups is 2. The molecule has 0 bridgehead atoms. The maximum atomic E-state index is 12.1. The van der Waals surface area contributed by atoms with Crippen LogP contribution >= 0.6 is 0 Å². The van der Waals surface area contributed by atoms with Gasteiger partial charge >= 0.3 is 5.97 Å². The maximum absolute atomic E-state index is 12.1. The van der Waals surface area contributed by atoms with Crippen molar-refractivity contribution in [2.24, 2.45) is 0 Å². The molecule has 9 nitrogen and oxygen atoms in total. The van der Waals surface area contributed by atoms with E-state index in [9.17, 15) is 18.0 Å². The van der Waals surface area contributed by atoms with Crippen molar-refractivity contribution in [1.82, 2.24) is 10.0 Å². The van der Waals surface area contributed by atoms with Crippen LogP contribution in [0.15, 0.2) is 47.4 Å². The van der Waals surface area contributed by atoms with Crippen LogP contribution < -0.4 is 19.5 Å². The molecular formula is C20H24N2O7S. The first-order valence-electron chi connectivity index (χ1n) is 8.94. The highest BCUT2D eigenvalue weighted by Gasteiger charge is 2.16. The van der Waals surface area contributed by atoms with E-state index in [1.165, 1.54) is 26.4 Å². The molecule has 1 amide bonds. The van der Waals surface area contributed by atoms with Gasteiger partial charge in [-0.1, -0.05) is 23.8 Å². The maximum Gasteiger partial charge on any atom is 0.321 e. The fourth-order valence-electron chi connectivity index (χ4n) is 2.39. The smallest absolute Gasteiger partial charge is 0.321 e. The monoisotopic (exact) mass is 436 g/mol. The molecule has 30 heavy (non-hydrogen) atoms. The lowest BCUT2D eigenvalue weighted by molar-refractivity contribution is -0.147. The molecule has 0 saturated carbocycles. The molecule has 0 heterocycles. The third-order valence-corrected chi connectivity index (χ3v) is 5.46. The summed E-state index contributed by atoms with van der Waals surface area (Å²) in [6.45, 7) is 0.908. The highest BCUT2D eigenvalue weighted by Crippen LogP contribution is 2.27. The van der Waals surface area contributed by atoms with E-state index in [4.69, 9.17) is 14.2 Å². The van der Waals surface area contributed by atoms with Crippen molar-refractivity contribution in [3.63, 3.8) is 0 Å². The van der Waals surface area contributed by atoms with E-state index in [0.717, 1.165) is 11.1 Å². The quantitative estimate of drug-likeness (QED) is 0.536. The number of ether oxygens (including phenoxy) is 3. The van der Waals surface area contributed by atoms with E-state index in [1.54, 1.807) is 30.3 Å². The van der Waals surface area contributed by atoms with Crippen molar-refractivity contribution in [2.45, 2.75) is 18.4 Å². The molecule has 2 N–H and O–H groups in total. The minimum absolute atomic E-state index is 0.0357. The molecule has 0 aliphatic heterocycles. The lowest BCUT2D eigenvalue weighted by Crippen LogP contribution is -2.33. The van der Waals surface area contributed by atoms with Crippen LogP contribution in [0.2, 0.25) is 0 Å². The second-order valence-electron chi connectivity index (χ2n) is 6.26. The standard InChI is InChI=1S/C20H24N2O7S/c1-14-4-7-16(8-5-14)30(25,26)22-12-20(24)29-13-19(23)21-11-15-6-9-17(27-2)18(10-15)28-3/h4-10,22H,11-13H2,1-3H3,(H,21,23). The lowest BCUT2D eigenvalue weighted by Gasteiger charge is -2.11. The van der Waals surface area contributed by atoms with Crippen LogP contribution in [0.1, 0.15) is 11.1 Å². The molecule has 0 fully saturated rings. The van der Waals surface area contributed by atoms with Gasteiger partial charge in [0.25, 0.3) is 5.91 Å². The third kappa shape index (κ3) is 6.75. The van der Waals surface area contributed by atoms with Gasteiger partial charge in [-0.25, -0.2) is 8.42 Å². The first-order chi connectivity index (χ1) is 14.2. The average molecular weight is 436 g/mol. The number of nitrogens with one attached hydrogen (secondary N) is 2. The van der Waals surface area contributed by atoms with Crippen molar-refractivity contribution in [2.75, 3.05) is 27.4 Å². The van der Waals surface area contributed by atoms with Crippen LogP contribution in [0.5, 0.6) is 11.5 Å². The first-order valence-corrected chi connectivity index (χ1v) is 10.4. The van der Waals surface area contributed by atoms with Crippen LogP contribution in [0.25, 0.3) is 0 Å².